The van der Waals surface area contributed by atoms with E-state index < -0.39 is 0 Å². The van der Waals surface area contributed by atoms with E-state index in [2.05, 4.69) is 20.8 Å². The molecule has 0 aliphatic carbocycles. The number of urea groups is 1. The molecular weight excluding hydrogens is 242 g/mol. The highest BCUT2D eigenvalue weighted by molar-refractivity contribution is 5.98. The number of para-hydroxylation sites is 1. The van der Waals surface area contributed by atoms with Crippen LogP contribution < -0.4 is 10.6 Å². The molecule has 0 spiro atoms. The van der Waals surface area contributed by atoms with Crippen molar-refractivity contribution in [1.29, 1.82) is 0 Å². The normalized spacial score (nSPS) is 10.3. The second-order valence-electron chi connectivity index (χ2n) is 3.90. The van der Waals surface area contributed by atoms with Crippen molar-refractivity contribution >= 4 is 23.3 Å². The first-order chi connectivity index (χ1) is 9.33. The first kappa shape index (κ1) is 11.2. The lowest BCUT2D eigenvalue weighted by atomic mass is 10.3. The average Bonchev–Trinajstić information content (AvgIpc) is 2.83. The van der Waals surface area contributed by atoms with E-state index in [9.17, 15) is 4.79 Å². The Hall–Kier alpha value is -2.89. The van der Waals surface area contributed by atoms with E-state index in [1.807, 2.05) is 48.5 Å². The van der Waals surface area contributed by atoms with Gasteiger partial charge in [0.1, 0.15) is 0 Å². The Labute approximate surface area is 109 Å². The maximum Gasteiger partial charge on any atom is 0.326 e. The molecule has 0 unspecified atom stereocenters. The Morgan fingerprint density at radius 1 is 0.947 bits per heavy atom. The molecule has 6 heteroatoms. The largest absolute Gasteiger partial charge is 0.326 e. The summed E-state index contributed by atoms with van der Waals surface area (Å²) in [5.41, 5.74) is 1.39. The van der Waals surface area contributed by atoms with Gasteiger partial charge >= 0.3 is 6.03 Å². The van der Waals surface area contributed by atoms with Gasteiger partial charge < -0.3 is 5.32 Å². The number of benzene rings is 1. The van der Waals surface area contributed by atoms with Crippen molar-refractivity contribution < 1.29 is 4.79 Å². The number of hydrogen-bond acceptors (Lipinski definition) is 3. The second kappa shape index (κ2) is 4.77. The lowest BCUT2D eigenvalue weighted by molar-refractivity contribution is 0.262. The van der Waals surface area contributed by atoms with Crippen LogP contribution in [0.4, 0.5) is 16.4 Å². The quantitative estimate of drug-likeness (QED) is 0.736. The van der Waals surface area contributed by atoms with Crippen LogP contribution in [0.15, 0.2) is 54.7 Å². The minimum atomic E-state index is -0.357. The Morgan fingerprint density at radius 2 is 1.74 bits per heavy atom. The second-order valence-corrected chi connectivity index (χ2v) is 3.90. The standard InChI is InChI=1S/C13H11N5O/c19-13(14-10-6-2-1-3-7-10)15-12-17-16-11-8-4-5-9-18(11)12/h1-9H,(H2,14,15,17,19). The van der Waals surface area contributed by atoms with Crippen molar-refractivity contribution in [2.75, 3.05) is 10.6 Å². The van der Waals surface area contributed by atoms with Crippen molar-refractivity contribution in [3.05, 3.63) is 54.7 Å². The van der Waals surface area contributed by atoms with Crippen LogP contribution in [0.25, 0.3) is 5.65 Å². The number of fused-ring (bicyclic) bond motifs is 1. The van der Waals surface area contributed by atoms with Crippen LogP contribution >= 0.6 is 0 Å². The predicted octanol–water partition coefficient (Wildman–Crippen LogP) is 2.37. The number of rotatable bonds is 2. The molecule has 3 rings (SSSR count). The van der Waals surface area contributed by atoms with Gasteiger partial charge in [-0.15, -0.1) is 10.2 Å². The Balaban J connectivity index is 1.76. The number of nitrogens with zero attached hydrogens (tertiary/aromatic N) is 3. The van der Waals surface area contributed by atoms with Gasteiger partial charge in [0.15, 0.2) is 5.65 Å². The van der Waals surface area contributed by atoms with E-state index in [1.165, 1.54) is 0 Å². The predicted molar refractivity (Wildman–Crippen MR) is 72.1 cm³/mol. The highest BCUT2D eigenvalue weighted by Crippen LogP contribution is 2.09. The molecule has 0 saturated heterocycles. The fourth-order valence-electron chi connectivity index (χ4n) is 1.71. The number of anilines is 2. The third-order valence-electron chi connectivity index (χ3n) is 2.57. The summed E-state index contributed by atoms with van der Waals surface area (Å²) in [5, 5.41) is 13.2. The molecule has 0 saturated carbocycles. The zero-order valence-corrected chi connectivity index (χ0v) is 9.95. The van der Waals surface area contributed by atoms with Crippen LogP contribution in [0.3, 0.4) is 0 Å². The van der Waals surface area contributed by atoms with Gasteiger partial charge in [-0.05, 0) is 24.3 Å². The zero-order valence-electron chi connectivity index (χ0n) is 9.95. The van der Waals surface area contributed by atoms with Gasteiger partial charge in [0.2, 0.25) is 5.95 Å². The van der Waals surface area contributed by atoms with Crippen LogP contribution in [0.5, 0.6) is 0 Å². The van der Waals surface area contributed by atoms with Crippen LogP contribution in [0.1, 0.15) is 0 Å². The van der Waals surface area contributed by atoms with Crippen LogP contribution in [0, 0.1) is 0 Å². The van der Waals surface area contributed by atoms with Gasteiger partial charge in [-0.25, -0.2) is 4.79 Å². The van der Waals surface area contributed by atoms with E-state index in [0.717, 1.165) is 0 Å². The van der Waals surface area contributed by atoms with E-state index in [0.29, 0.717) is 17.3 Å². The summed E-state index contributed by atoms with van der Waals surface area (Å²) < 4.78 is 1.70. The number of carbonyl (C=O) groups is 1. The van der Waals surface area contributed by atoms with Crippen molar-refractivity contribution in [2.24, 2.45) is 0 Å². The summed E-state index contributed by atoms with van der Waals surface area (Å²) in [4.78, 5) is 11.8. The molecule has 0 bridgehead atoms. The summed E-state index contributed by atoms with van der Waals surface area (Å²) in [5.74, 6) is 0.379. The summed E-state index contributed by atoms with van der Waals surface area (Å²) in [6, 6.07) is 14.4. The van der Waals surface area contributed by atoms with Gasteiger partial charge in [0.25, 0.3) is 0 Å². The number of hydrogen-bond donors (Lipinski definition) is 2. The maximum absolute atomic E-state index is 11.8. The third kappa shape index (κ3) is 2.37. The molecule has 3 aromatic rings. The maximum atomic E-state index is 11.8. The van der Waals surface area contributed by atoms with Crippen molar-refractivity contribution in [2.45, 2.75) is 0 Å². The van der Waals surface area contributed by atoms with E-state index >= 15 is 0 Å². The smallest absolute Gasteiger partial charge is 0.308 e. The van der Waals surface area contributed by atoms with Gasteiger partial charge in [0, 0.05) is 11.9 Å². The Kier molecular flexibility index (Phi) is 2.82. The van der Waals surface area contributed by atoms with E-state index in [4.69, 9.17) is 0 Å². The molecule has 0 atom stereocenters. The van der Waals surface area contributed by atoms with Crippen molar-refractivity contribution in [3.63, 3.8) is 0 Å². The number of carbonyl (C=O) groups excluding carboxylic acids is 1. The Bertz CT molecular complexity index is 707. The SMILES string of the molecule is O=C(Nc1ccccc1)Nc1nnc2ccccn12. The molecule has 94 valence electrons. The molecule has 0 aliphatic rings. The lowest BCUT2D eigenvalue weighted by Crippen LogP contribution is -2.20. The van der Waals surface area contributed by atoms with Crippen molar-refractivity contribution in [1.82, 2.24) is 14.6 Å². The molecule has 6 nitrogen and oxygen atoms in total. The third-order valence-corrected chi connectivity index (χ3v) is 2.57. The van der Waals surface area contributed by atoms with Gasteiger partial charge in [0.05, 0.1) is 0 Å². The molecule has 2 amide bonds. The molecule has 0 fully saturated rings. The zero-order chi connectivity index (χ0) is 13.1. The molecule has 0 radical (unpaired) electrons. The van der Waals surface area contributed by atoms with Gasteiger partial charge in [-0.1, -0.05) is 24.3 Å². The minimum Gasteiger partial charge on any atom is -0.308 e. The first-order valence-electron chi connectivity index (χ1n) is 5.76. The molecule has 1 aromatic carbocycles. The fraction of sp³-hybridized carbons (Fsp3) is 0. The number of amides is 2. The molecular formula is C13H11N5O. The number of nitrogens with one attached hydrogen (secondary N) is 2. The molecule has 2 N–H and O–H groups in total. The van der Waals surface area contributed by atoms with Crippen LogP contribution in [0.2, 0.25) is 0 Å². The molecule has 0 aliphatic heterocycles. The summed E-state index contributed by atoms with van der Waals surface area (Å²) in [6.07, 6.45) is 1.79. The first-order valence-corrected chi connectivity index (χ1v) is 5.76. The van der Waals surface area contributed by atoms with Crippen LogP contribution in [-0.2, 0) is 0 Å². The van der Waals surface area contributed by atoms with E-state index in [1.54, 1.807) is 10.6 Å². The molecule has 2 aromatic heterocycles. The molecule has 2 heterocycles. The Morgan fingerprint density at radius 3 is 2.58 bits per heavy atom. The van der Waals surface area contributed by atoms with Crippen LogP contribution in [-0.4, -0.2) is 20.6 Å². The monoisotopic (exact) mass is 253 g/mol. The topological polar surface area (TPSA) is 71.3 Å². The van der Waals surface area contributed by atoms with E-state index in [-0.39, 0.29) is 6.03 Å². The summed E-state index contributed by atoms with van der Waals surface area (Å²) in [7, 11) is 0. The number of aromatic nitrogens is 3. The van der Waals surface area contributed by atoms with Gasteiger partial charge in [-0.3, -0.25) is 9.72 Å². The summed E-state index contributed by atoms with van der Waals surface area (Å²) >= 11 is 0. The highest BCUT2D eigenvalue weighted by Gasteiger charge is 2.08. The average molecular weight is 253 g/mol. The molecule has 19 heavy (non-hydrogen) atoms. The highest BCUT2D eigenvalue weighted by atomic mass is 16.2. The summed E-state index contributed by atoms with van der Waals surface area (Å²) in [6.45, 7) is 0. The fourth-order valence-corrected chi connectivity index (χ4v) is 1.71. The minimum absolute atomic E-state index is 0.357. The number of pyridine rings is 1. The lowest BCUT2D eigenvalue weighted by Gasteiger charge is -2.05. The van der Waals surface area contributed by atoms with Gasteiger partial charge in [-0.2, -0.15) is 0 Å². The van der Waals surface area contributed by atoms with Crippen molar-refractivity contribution in [3.8, 4) is 0 Å².